The number of piperidine rings is 1. The molecule has 6 heteroatoms. The topological polar surface area (TPSA) is 54.5 Å². The molecule has 1 saturated heterocycles. The number of aryl methyl sites for hydroxylation is 2. The summed E-state index contributed by atoms with van der Waals surface area (Å²) in [5, 5.41) is 4.16. The zero-order valence-corrected chi connectivity index (χ0v) is 17.4. The molecule has 1 fully saturated rings. The van der Waals surface area contributed by atoms with Crippen molar-refractivity contribution in [2.24, 2.45) is 5.92 Å². The summed E-state index contributed by atoms with van der Waals surface area (Å²) in [6, 6.07) is 8.37. The van der Waals surface area contributed by atoms with E-state index in [1.165, 1.54) is 5.56 Å². The van der Waals surface area contributed by atoms with Crippen LogP contribution < -0.4 is 5.32 Å². The van der Waals surface area contributed by atoms with Crippen LogP contribution in [0, 0.1) is 19.8 Å². The summed E-state index contributed by atoms with van der Waals surface area (Å²) in [5.74, 6) is 0.567. The SMILES string of the molecule is COCC1CCN(C(=O)NC(C)c2sc(-c3ccc(C)cc3)nc2C)CC1. The summed E-state index contributed by atoms with van der Waals surface area (Å²) in [6.07, 6.45) is 2.01. The van der Waals surface area contributed by atoms with Gasteiger partial charge in [0.2, 0.25) is 0 Å². The maximum atomic E-state index is 12.6. The quantitative estimate of drug-likeness (QED) is 0.818. The Morgan fingerprint density at radius 3 is 2.59 bits per heavy atom. The van der Waals surface area contributed by atoms with Crippen LogP contribution in [0.15, 0.2) is 24.3 Å². The number of ether oxygens (including phenoxy) is 1. The minimum absolute atomic E-state index is 0.0167. The number of nitrogens with zero attached hydrogens (tertiary/aromatic N) is 2. The van der Waals surface area contributed by atoms with E-state index in [4.69, 9.17) is 9.72 Å². The molecule has 0 aliphatic carbocycles. The van der Waals surface area contributed by atoms with Gasteiger partial charge < -0.3 is 15.0 Å². The van der Waals surface area contributed by atoms with Gasteiger partial charge in [-0.1, -0.05) is 29.8 Å². The number of likely N-dealkylation sites (tertiary alicyclic amines) is 1. The van der Waals surface area contributed by atoms with Crippen molar-refractivity contribution in [3.8, 4) is 10.6 Å². The Hall–Kier alpha value is -1.92. The molecule has 5 nitrogen and oxygen atoms in total. The van der Waals surface area contributed by atoms with Crippen molar-refractivity contribution in [1.29, 1.82) is 0 Å². The fraction of sp³-hybridized carbons (Fsp3) is 0.524. The van der Waals surface area contributed by atoms with E-state index < -0.39 is 0 Å². The average Bonchev–Trinajstić information content (AvgIpc) is 3.05. The molecule has 1 atom stereocenters. The molecule has 0 spiro atoms. The first-order valence-electron chi connectivity index (χ1n) is 9.56. The number of amides is 2. The molecule has 3 rings (SSSR count). The van der Waals surface area contributed by atoms with Gasteiger partial charge in [-0.3, -0.25) is 0 Å². The molecule has 1 N–H and O–H groups in total. The van der Waals surface area contributed by atoms with E-state index >= 15 is 0 Å². The van der Waals surface area contributed by atoms with E-state index in [0.717, 1.165) is 53.7 Å². The van der Waals surface area contributed by atoms with E-state index in [1.807, 2.05) is 18.7 Å². The van der Waals surface area contributed by atoms with Crippen LogP contribution in [-0.4, -0.2) is 42.7 Å². The van der Waals surface area contributed by atoms with E-state index in [2.05, 4.69) is 36.5 Å². The first-order valence-corrected chi connectivity index (χ1v) is 10.4. The number of hydrogen-bond acceptors (Lipinski definition) is 4. The smallest absolute Gasteiger partial charge is 0.317 e. The molecular formula is C21H29N3O2S. The highest BCUT2D eigenvalue weighted by Crippen LogP contribution is 2.32. The highest BCUT2D eigenvalue weighted by atomic mass is 32.1. The van der Waals surface area contributed by atoms with Gasteiger partial charge in [-0.25, -0.2) is 9.78 Å². The summed E-state index contributed by atoms with van der Waals surface area (Å²) in [4.78, 5) is 20.4. The summed E-state index contributed by atoms with van der Waals surface area (Å²) in [6.45, 7) is 8.51. The molecule has 0 saturated carbocycles. The number of rotatable bonds is 5. The minimum Gasteiger partial charge on any atom is -0.384 e. The monoisotopic (exact) mass is 387 g/mol. The number of aromatic nitrogens is 1. The third-order valence-corrected chi connectivity index (χ3v) is 6.56. The summed E-state index contributed by atoms with van der Waals surface area (Å²) >= 11 is 1.66. The van der Waals surface area contributed by atoms with Gasteiger partial charge in [-0.05, 0) is 39.5 Å². The second-order valence-electron chi connectivity index (χ2n) is 7.39. The van der Waals surface area contributed by atoms with Gasteiger partial charge in [0.15, 0.2) is 0 Å². The van der Waals surface area contributed by atoms with Crippen LogP contribution in [0.4, 0.5) is 4.79 Å². The van der Waals surface area contributed by atoms with Crippen LogP contribution >= 0.6 is 11.3 Å². The number of hydrogen-bond donors (Lipinski definition) is 1. The van der Waals surface area contributed by atoms with Crippen LogP contribution in [0.3, 0.4) is 0 Å². The number of thiazole rings is 1. The Bertz CT molecular complexity index is 764. The van der Waals surface area contributed by atoms with E-state index in [-0.39, 0.29) is 12.1 Å². The van der Waals surface area contributed by atoms with Gasteiger partial charge in [0.1, 0.15) is 5.01 Å². The van der Waals surface area contributed by atoms with E-state index in [1.54, 1.807) is 18.4 Å². The molecule has 2 heterocycles. The Balaban J connectivity index is 1.62. The van der Waals surface area contributed by atoms with Gasteiger partial charge in [0.25, 0.3) is 0 Å². The van der Waals surface area contributed by atoms with E-state index in [9.17, 15) is 4.79 Å². The number of carbonyl (C=O) groups excluding carboxylic acids is 1. The normalized spacial score (nSPS) is 16.4. The molecule has 1 aromatic carbocycles. The number of nitrogens with one attached hydrogen (secondary N) is 1. The highest BCUT2D eigenvalue weighted by molar-refractivity contribution is 7.15. The first kappa shape index (κ1) is 19.8. The molecule has 27 heavy (non-hydrogen) atoms. The zero-order chi connectivity index (χ0) is 19.4. The highest BCUT2D eigenvalue weighted by Gasteiger charge is 2.25. The third kappa shape index (κ3) is 4.87. The second-order valence-corrected chi connectivity index (χ2v) is 8.42. The molecule has 1 unspecified atom stereocenters. The number of carbonyl (C=O) groups is 1. The van der Waals surface area contributed by atoms with Crippen LogP contribution in [-0.2, 0) is 4.74 Å². The molecule has 1 aromatic heterocycles. The Labute approximate surface area is 165 Å². The molecular weight excluding hydrogens is 358 g/mol. The summed E-state index contributed by atoms with van der Waals surface area (Å²) in [7, 11) is 1.74. The van der Waals surface area contributed by atoms with E-state index in [0.29, 0.717) is 5.92 Å². The van der Waals surface area contributed by atoms with Crippen molar-refractivity contribution < 1.29 is 9.53 Å². The fourth-order valence-corrected chi connectivity index (χ4v) is 4.58. The molecule has 1 aliphatic heterocycles. The third-order valence-electron chi connectivity index (χ3n) is 5.17. The molecule has 0 radical (unpaired) electrons. The minimum atomic E-state index is -0.0501. The lowest BCUT2D eigenvalue weighted by molar-refractivity contribution is 0.106. The Morgan fingerprint density at radius 2 is 1.96 bits per heavy atom. The summed E-state index contributed by atoms with van der Waals surface area (Å²) in [5.41, 5.74) is 3.35. The van der Waals surface area contributed by atoms with Crippen molar-refractivity contribution in [2.45, 2.75) is 39.7 Å². The van der Waals surface area contributed by atoms with Crippen LogP contribution in [0.25, 0.3) is 10.6 Å². The predicted molar refractivity (Wildman–Crippen MR) is 110 cm³/mol. The molecule has 146 valence electrons. The standard InChI is InChI=1S/C21H29N3O2S/c1-14-5-7-18(8-6-14)20-22-15(2)19(27-20)16(3)23-21(25)24-11-9-17(10-12-24)13-26-4/h5-8,16-17H,9-13H2,1-4H3,(H,23,25). The Kier molecular flexibility index (Phi) is 6.50. The lowest BCUT2D eigenvalue weighted by atomic mass is 9.98. The van der Waals surface area contributed by atoms with Crippen LogP contribution in [0.5, 0.6) is 0 Å². The maximum Gasteiger partial charge on any atom is 0.317 e. The largest absolute Gasteiger partial charge is 0.384 e. The van der Waals surface area contributed by atoms with Gasteiger partial charge in [-0.15, -0.1) is 11.3 Å². The molecule has 0 bridgehead atoms. The van der Waals surface area contributed by atoms with Crippen molar-refractivity contribution in [1.82, 2.24) is 15.2 Å². The van der Waals surface area contributed by atoms with Crippen molar-refractivity contribution in [3.05, 3.63) is 40.4 Å². The van der Waals surface area contributed by atoms with Crippen molar-refractivity contribution in [2.75, 3.05) is 26.8 Å². The second kappa shape index (κ2) is 8.85. The van der Waals surface area contributed by atoms with Crippen molar-refractivity contribution >= 4 is 17.4 Å². The molecule has 2 amide bonds. The number of urea groups is 1. The molecule has 2 aromatic rings. The number of benzene rings is 1. The van der Waals surface area contributed by atoms with Gasteiger partial charge in [0.05, 0.1) is 16.6 Å². The van der Waals surface area contributed by atoms with Crippen LogP contribution in [0.2, 0.25) is 0 Å². The average molecular weight is 388 g/mol. The molecule has 1 aliphatic rings. The first-order chi connectivity index (χ1) is 13.0. The van der Waals surface area contributed by atoms with Gasteiger partial charge in [-0.2, -0.15) is 0 Å². The fourth-order valence-electron chi connectivity index (χ4n) is 3.51. The van der Waals surface area contributed by atoms with Gasteiger partial charge in [0, 0.05) is 32.4 Å². The Morgan fingerprint density at radius 1 is 1.30 bits per heavy atom. The predicted octanol–water partition coefficient (Wildman–Crippen LogP) is 4.56. The lowest BCUT2D eigenvalue weighted by Gasteiger charge is -2.32. The summed E-state index contributed by atoms with van der Waals surface area (Å²) < 4.78 is 5.23. The lowest BCUT2D eigenvalue weighted by Crippen LogP contribution is -2.45. The zero-order valence-electron chi connectivity index (χ0n) is 16.6. The van der Waals surface area contributed by atoms with Crippen LogP contribution in [0.1, 0.15) is 41.9 Å². The number of methoxy groups -OCH3 is 1. The van der Waals surface area contributed by atoms with Crippen molar-refractivity contribution in [3.63, 3.8) is 0 Å². The maximum absolute atomic E-state index is 12.6. The van der Waals surface area contributed by atoms with Gasteiger partial charge >= 0.3 is 6.03 Å².